The zero-order valence-corrected chi connectivity index (χ0v) is 36.6. The maximum absolute atomic E-state index is 11.5. The summed E-state index contributed by atoms with van der Waals surface area (Å²) in [6.07, 6.45) is 3.80. The van der Waals surface area contributed by atoms with Crippen LogP contribution in [0.15, 0.2) is 138 Å². The first kappa shape index (κ1) is 39.1. The molecule has 8 aromatic rings. The molecule has 0 saturated heterocycles. The Kier molecular flexibility index (Phi) is 12.1. The molecule has 3 heterocycles. The number of rotatable bonds is 7. The summed E-state index contributed by atoms with van der Waals surface area (Å²) >= 11 is -1.85. The van der Waals surface area contributed by atoms with Crippen LogP contribution in [0.5, 0.6) is 0 Å². The third-order valence-electron chi connectivity index (χ3n) is 9.67. The number of aryl methyl sites for hydroxylation is 1. The van der Waals surface area contributed by atoms with Crippen LogP contribution in [0.3, 0.4) is 0 Å². The number of para-hydroxylation sites is 1. The average Bonchev–Trinajstić information content (AvgIpc) is 3.60. The van der Waals surface area contributed by atoms with E-state index >= 15 is 0 Å². The van der Waals surface area contributed by atoms with Crippen LogP contribution < -0.4 is 4.40 Å². The predicted molar refractivity (Wildman–Crippen MR) is 225 cm³/mol. The zero-order valence-electron chi connectivity index (χ0n) is 33.1. The second kappa shape index (κ2) is 17.3. The number of hydrogen-bond donors (Lipinski definition) is 1. The van der Waals surface area contributed by atoms with E-state index in [4.69, 9.17) is 16.0 Å². The molecule has 8 rings (SSSR count). The summed E-state index contributed by atoms with van der Waals surface area (Å²) < 4.78 is 16.2. The maximum Gasteiger partial charge on any atom is 0.372 e. The molecule has 0 aliphatic heterocycles. The van der Waals surface area contributed by atoms with Crippen LogP contribution in [-0.2, 0) is 25.0 Å². The molecule has 0 aliphatic carbocycles. The minimum atomic E-state index is -1.85. The van der Waals surface area contributed by atoms with Crippen LogP contribution in [0.4, 0.5) is 0 Å². The van der Waals surface area contributed by atoms with Crippen LogP contribution in [0.1, 0.15) is 42.6 Å². The number of furan rings is 1. The summed E-state index contributed by atoms with van der Waals surface area (Å²) in [5.74, 6) is 5.67. The van der Waals surface area contributed by atoms with Gasteiger partial charge in [-0.3, -0.25) is 4.89 Å². The third-order valence-corrected chi connectivity index (χ3v) is 14.2. The van der Waals surface area contributed by atoms with Gasteiger partial charge in [-0.2, -0.15) is 5.26 Å². The number of nitrogens with zero attached hydrogens (tertiary/aromatic N) is 2. The molecule has 0 amide bonds. The first-order chi connectivity index (χ1) is 26.8. The molecule has 0 spiro atoms. The standard InChI is InChI=1S/C27H20NO4.C21H22GeN.Ir/c1-16(2)19-13-14-28-24(15-19)23-8-4-7-22-21-6-3-5-20(25(21)31-26(22)23)17-9-11-18(12-10-17)27(29)32-30;1-16-13-21(23-15-20(16)22(2,3)4)19-12-8-11-18(14-19)17-9-6-5-7-10-17;/h3-7,9-16,30H,1-2H3;5-11,13-15H,1-4H3;/q2*-1;/i16D;;. The topological polar surface area (TPSA) is 85.5 Å². The van der Waals surface area contributed by atoms with Gasteiger partial charge in [0, 0.05) is 38.6 Å². The number of fused-ring (bicyclic) bond motifs is 3. The molecule has 8 heteroatoms. The Morgan fingerprint density at radius 3 is 2.21 bits per heavy atom. The van der Waals surface area contributed by atoms with Crippen LogP contribution in [-0.4, -0.2) is 34.5 Å². The molecule has 5 aromatic carbocycles. The van der Waals surface area contributed by atoms with Gasteiger partial charge in [0.05, 0.1) is 11.1 Å². The van der Waals surface area contributed by atoms with Crippen molar-refractivity contribution >= 4 is 45.6 Å². The number of hydrogen-bond acceptors (Lipinski definition) is 6. The normalized spacial score (nSPS) is 11.7. The van der Waals surface area contributed by atoms with Gasteiger partial charge < -0.3 is 9.40 Å². The molecular weight excluding hydrogens is 933 g/mol. The molecule has 6 nitrogen and oxygen atoms in total. The van der Waals surface area contributed by atoms with E-state index in [1.54, 1.807) is 30.5 Å². The van der Waals surface area contributed by atoms with Crippen LogP contribution >= 0.6 is 0 Å². The first-order valence-electron chi connectivity index (χ1n) is 18.7. The molecule has 1 radical (unpaired) electrons. The minimum Gasteiger partial charge on any atom is -0.500 e. The largest absolute Gasteiger partial charge is 0.500 e. The Morgan fingerprint density at radius 1 is 0.786 bits per heavy atom. The van der Waals surface area contributed by atoms with Crippen molar-refractivity contribution in [3.8, 4) is 44.8 Å². The van der Waals surface area contributed by atoms with E-state index in [0.29, 0.717) is 16.9 Å². The Balaban J connectivity index is 0.000000202. The van der Waals surface area contributed by atoms with E-state index < -0.39 is 25.1 Å². The van der Waals surface area contributed by atoms with Gasteiger partial charge >= 0.3 is 148 Å². The fraction of sp³-hybridized carbons (Fsp3) is 0.146. The second-order valence-corrected chi connectivity index (χ2v) is 25.3. The molecule has 0 saturated carbocycles. The van der Waals surface area contributed by atoms with E-state index in [2.05, 4.69) is 94.9 Å². The fourth-order valence-electron chi connectivity index (χ4n) is 6.81. The number of aromatic nitrogens is 2. The molecule has 0 bridgehead atoms. The van der Waals surface area contributed by atoms with Gasteiger partial charge in [0.15, 0.2) is 0 Å². The summed E-state index contributed by atoms with van der Waals surface area (Å²) in [4.78, 5) is 24.6. The molecule has 0 fully saturated rings. The molecule has 56 heavy (non-hydrogen) atoms. The Labute approximate surface area is 345 Å². The molecule has 0 aliphatic rings. The summed E-state index contributed by atoms with van der Waals surface area (Å²) in [5.41, 5.74) is 11.5. The van der Waals surface area contributed by atoms with Gasteiger partial charge in [0.2, 0.25) is 0 Å². The minimum absolute atomic E-state index is 0. The van der Waals surface area contributed by atoms with Crippen LogP contribution in [0.25, 0.3) is 66.7 Å². The van der Waals surface area contributed by atoms with Gasteiger partial charge in [0.1, 0.15) is 5.58 Å². The smallest absolute Gasteiger partial charge is 0.372 e. The van der Waals surface area contributed by atoms with E-state index in [1.807, 2.05) is 68.4 Å². The van der Waals surface area contributed by atoms with Gasteiger partial charge in [0.25, 0.3) is 0 Å². The Bertz CT molecular complexity index is 2680. The molecule has 1 N–H and O–H groups in total. The van der Waals surface area contributed by atoms with E-state index in [0.717, 1.165) is 44.3 Å². The van der Waals surface area contributed by atoms with Crippen molar-refractivity contribution in [2.75, 3.05) is 0 Å². The predicted octanol–water partition coefficient (Wildman–Crippen LogP) is 11.9. The maximum atomic E-state index is 11.5. The second-order valence-electron chi connectivity index (χ2n) is 14.8. The molecule has 0 atom stereocenters. The summed E-state index contributed by atoms with van der Waals surface area (Å²) in [7, 11) is 0. The SMILES string of the molecule is Cc1cc(-c2[c-]ccc(-c3ccccc3)c2)nc[c]1[Ge]([CH3])([CH3])[CH3].[2H]C(C)(C)c1ccnc(-c2[c-]ccc3c2oc2c(-c4ccc(C(=O)OO)cc4)cccc23)c1.[Ir]. The number of carbonyl (C=O) groups excluding carboxylic acids is 1. The van der Waals surface area contributed by atoms with Crippen molar-refractivity contribution in [3.05, 3.63) is 163 Å². The number of carbonyl (C=O) groups is 1. The quantitative estimate of drug-likeness (QED) is 0.0741. The van der Waals surface area contributed by atoms with Crippen molar-refractivity contribution in [2.24, 2.45) is 0 Å². The molecular formula is C48H42GeIrN2O4-2. The third kappa shape index (κ3) is 8.62. The van der Waals surface area contributed by atoms with E-state index in [-0.39, 0.29) is 25.7 Å². The average molecular weight is 977 g/mol. The van der Waals surface area contributed by atoms with Crippen molar-refractivity contribution in [1.82, 2.24) is 9.97 Å². The molecule has 283 valence electrons. The van der Waals surface area contributed by atoms with Crippen LogP contribution in [0.2, 0.25) is 17.3 Å². The van der Waals surface area contributed by atoms with Crippen LogP contribution in [0, 0.1) is 19.1 Å². The van der Waals surface area contributed by atoms with Crippen molar-refractivity contribution < 1.29 is 40.8 Å². The summed E-state index contributed by atoms with van der Waals surface area (Å²) in [6.45, 7) is 5.89. The van der Waals surface area contributed by atoms with Gasteiger partial charge in [-0.1, -0.05) is 66.8 Å². The van der Waals surface area contributed by atoms with Crippen molar-refractivity contribution in [1.29, 1.82) is 0 Å². The number of pyridine rings is 2. The fourth-order valence-corrected chi connectivity index (χ4v) is 10.4. The first-order valence-corrected chi connectivity index (χ1v) is 25.5. The summed E-state index contributed by atoms with van der Waals surface area (Å²) in [5, 5.41) is 10.5. The summed E-state index contributed by atoms with van der Waals surface area (Å²) in [6, 6.07) is 45.8. The monoisotopic (exact) mass is 978 g/mol. The van der Waals surface area contributed by atoms with E-state index in [1.165, 1.54) is 21.1 Å². The van der Waals surface area contributed by atoms with Gasteiger partial charge in [-0.15, -0.1) is 18.2 Å². The van der Waals surface area contributed by atoms with E-state index in [9.17, 15) is 4.79 Å². The Hall–Kier alpha value is -5.18. The van der Waals surface area contributed by atoms with Gasteiger partial charge in [-0.05, 0) is 35.4 Å². The van der Waals surface area contributed by atoms with Gasteiger partial charge in [-0.25, -0.2) is 4.79 Å². The Morgan fingerprint density at radius 2 is 1.52 bits per heavy atom. The zero-order chi connectivity index (χ0) is 39.6. The molecule has 0 unspecified atom stereocenters. The van der Waals surface area contributed by atoms with Crippen molar-refractivity contribution in [3.63, 3.8) is 0 Å². The number of benzene rings is 5. The van der Waals surface area contributed by atoms with Crippen molar-refractivity contribution in [2.45, 2.75) is 43.9 Å². The molecule has 3 aromatic heterocycles.